The summed E-state index contributed by atoms with van der Waals surface area (Å²) in [5.74, 6) is -4.99. The van der Waals surface area contributed by atoms with E-state index >= 15 is 0 Å². The smallest absolute Gasteiger partial charge is 0.326 e. The van der Waals surface area contributed by atoms with Crippen LogP contribution in [0.5, 0.6) is 5.75 Å². The molecule has 1 aromatic carbocycles. The molecule has 200 valence electrons. The van der Waals surface area contributed by atoms with E-state index in [0.717, 1.165) is 0 Å². The van der Waals surface area contributed by atoms with Gasteiger partial charge in [0.15, 0.2) is 0 Å². The van der Waals surface area contributed by atoms with Crippen LogP contribution in [-0.4, -0.2) is 81.2 Å². The minimum Gasteiger partial charge on any atom is -0.508 e. The van der Waals surface area contributed by atoms with Crippen molar-refractivity contribution in [2.45, 2.75) is 57.3 Å². The average Bonchev–Trinajstić information content (AvgIpc) is 2.80. The zero-order valence-electron chi connectivity index (χ0n) is 20.4. The number of rotatable bonds is 15. The number of phenolic OH excluding ortho intramolecular Hbond substituents is 1. The first kappa shape index (κ1) is 30.7. The Morgan fingerprint density at radius 2 is 1.47 bits per heavy atom. The first-order valence-corrected chi connectivity index (χ1v) is 12.6. The lowest BCUT2D eigenvalue weighted by Crippen LogP contribution is -2.58. The molecule has 0 radical (unpaired) electrons. The molecule has 0 aromatic heterocycles. The normalized spacial score (nSPS) is 14.2. The molecule has 0 aliphatic heterocycles. The van der Waals surface area contributed by atoms with E-state index in [0.29, 0.717) is 17.7 Å². The summed E-state index contributed by atoms with van der Waals surface area (Å²) in [5, 5.41) is 35.3. The molecule has 0 saturated carbocycles. The van der Waals surface area contributed by atoms with Gasteiger partial charge in [-0.2, -0.15) is 11.8 Å². The quantitative estimate of drug-likeness (QED) is 0.158. The standard InChI is InChI=1S/C23H34N4O8S/c1-12(2)19(23(34)35)27-22(33)16(10-13-4-6-14(28)7-5-13)26-21(32)17(11-18(29)30)25-20(31)15(24)8-9-36-3/h4-7,12,15-17,19,28H,8-11,24H2,1-3H3,(H,25,31)(H,26,32)(H,27,33)(H,29,30)(H,34,35). The minimum atomic E-state index is -1.52. The maximum atomic E-state index is 13.0. The lowest BCUT2D eigenvalue weighted by Gasteiger charge is -2.25. The van der Waals surface area contributed by atoms with Crippen LogP contribution in [0.4, 0.5) is 0 Å². The van der Waals surface area contributed by atoms with Gasteiger partial charge in [-0.05, 0) is 42.0 Å². The number of hydrogen-bond donors (Lipinski definition) is 7. The second kappa shape index (κ2) is 14.9. The summed E-state index contributed by atoms with van der Waals surface area (Å²) < 4.78 is 0. The van der Waals surface area contributed by atoms with Gasteiger partial charge >= 0.3 is 11.9 Å². The maximum Gasteiger partial charge on any atom is 0.326 e. The van der Waals surface area contributed by atoms with Gasteiger partial charge in [0.05, 0.1) is 12.5 Å². The Morgan fingerprint density at radius 3 is 1.97 bits per heavy atom. The summed E-state index contributed by atoms with van der Waals surface area (Å²) >= 11 is 1.47. The van der Waals surface area contributed by atoms with Gasteiger partial charge in [0.1, 0.15) is 23.9 Å². The number of amides is 3. The van der Waals surface area contributed by atoms with Crippen LogP contribution in [0, 0.1) is 5.92 Å². The molecule has 13 heteroatoms. The predicted octanol–water partition coefficient (Wildman–Crippen LogP) is -0.315. The van der Waals surface area contributed by atoms with E-state index in [-0.39, 0.29) is 12.2 Å². The number of aromatic hydroxyl groups is 1. The number of hydrogen-bond acceptors (Lipinski definition) is 8. The number of carbonyl (C=O) groups excluding carboxylic acids is 3. The molecule has 1 rings (SSSR count). The van der Waals surface area contributed by atoms with Crippen LogP contribution in [0.25, 0.3) is 0 Å². The molecule has 0 fully saturated rings. The zero-order valence-corrected chi connectivity index (χ0v) is 21.2. The highest BCUT2D eigenvalue weighted by molar-refractivity contribution is 7.98. The van der Waals surface area contributed by atoms with Crippen molar-refractivity contribution in [3.8, 4) is 5.75 Å². The van der Waals surface area contributed by atoms with Crippen LogP contribution in [0.3, 0.4) is 0 Å². The number of aliphatic carboxylic acids is 2. The highest BCUT2D eigenvalue weighted by Crippen LogP contribution is 2.12. The van der Waals surface area contributed by atoms with E-state index in [9.17, 15) is 39.3 Å². The topological polar surface area (TPSA) is 208 Å². The third kappa shape index (κ3) is 10.5. The van der Waals surface area contributed by atoms with Crippen LogP contribution < -0.4 is 21.7 Å². The fourth-order valence-corrected chi connectivity index (χ4v) is 3.64. The summed E-state index contributed by atoms with van der Waals surface area (Å²) in [4.78, 5) is 61.3. The van der Waals surface area contributed by atoms with E-state index in [1.54, 1.807) is 13.8 Å². The summed E-state index contributed by atoms with van der Waals surface area (Å²) in [6.07, 6.45) is 1.29. The summed E-state index contributed by atoms with van der Waals surface area (Å²) in [7, 11) is 0. The summed E-state index contributed by atoms with van der Waals surface area (Å²) in [6.45, 7) is 3.21. The van der Waals surface area contributed by atoms with E-state index in [2.05, 4.69) is 16.0 Å². The van der Waals surface area contributed by atoms with Crippen molar-refractivity contribution in [3.05, 3.63) is 29.8 Å². The lowest BCUT2D eigenvalue weighted by molar-refractivity contribution is -0.144. The lowest BCUT2D eigenvalue weighted by atomic mass is 10.0. The number of thioether (sulfide) groups is 1. The molecule has 36 heavy (non-hydrogen) atoms. The van der Waals surface area contributed by atoms with Gasteiger partial charge in [-0.1, -0.05) is 26.0 Å². The van der Waals surface area contributed by atoms with Gasteiger partial charge in [0.2, 0.25) is 17.7 Å². The third-order valence-corrected chi connectivity index (χ3v) is 5.87. The van der Waals surface area contributed by atoms with Crippen LogP contribution in [0.2, 0.25) is 0 Å². The predicted molar refractivity (Wildman–Crippen MR) is 133 cm³/mol. The Balaban J connectivity index is 3.14. The van der Waals surface area contributed by atoms with Crippen molar-refractivity contribution in [3.63, 3.8) is 0 Å². The highest BCUT2D eigenvalue weighted by Gasteiger charge is 2.32. The van der Waals surface area contributed by atoms with Crippen LogP contribution in [0.15, 0.2) is 24.3 Å². The number of nitrogens with one attached hydrogen (secondary N) is 3. The van der Waals surface area contributed by atoms with E-state index in [4.69, 9.17) is 5.73 Å². The molecular weight excluding hydrogens is 492 g/mol. The molecule has 4 atom stereocenters. The third-order valence-electron chi connectivity index (χ3n) is 5.22. The summed E-state index contributed by atoms with van der Waals surface area (Å²) in [5.41, 5.74) is 6.34. The maximum absolute atomic E-state index is 13.0. The van der Waals surface area contributed by atoms with Gasteiger partial charge in [-0.25, -0.2) is 4.79 Å². The number of carbonyl (C=O) groups is 5. The number of nitrogens with two attached hydrogens (primary N) is 1. The Labute approximate surface area is 213 Å². The largest absolute Gasteiger partial charge is 0.508 e. The molecule has 0 heterocycles. The van der Waals surface area contributed by atoms with Gasteiger partial charge < -0.3 is 37.0 Å². The Bertz CT molecular complexity index is 925. The number of phenols is 1. The molecule has 0 bridgehead atoms. The summed E-state index contributed by atoms with van der Waals surface area (Å²) in [6, 6.07) is 0.765. The van der Waals surface area contributed by atoms with Crippen molar-refractivity contribution in [1.82, 2.24) is 16.0 Å². The van der Waals surface area contributed by atoms with E-state index in [1.807, 2.05) is 6.26 Å². The van der Waals surface area contributed by atoms with Gasteiger partial charge in [0, 0.05) is 6.42 Å². The van der Waals surface area contributed by atoms with Crippen molar-refractivity contribution >= 4 is 41.4 Å². The Hall–Kier alpha value is -3.32. The fraction of sp³-hybridized carbons (Fsp3) is 0.522. The Morgan fingerprint density at radius 1 is 0.917 bits per heavy atom. The van der Waals surface area contributed by atoms with Crippen molar-refractivity contribution in [2.24, 2.45) is 11.7 Å². The molecular formula is C23H34N4O8S. The molecule has 0 aliphatic rings. The molecule has 1 aromatic rings. The molecule has 0 spiro atoms. The number of benzene rings is 1. The minimum absolute atomic E-state index is 0.0171. The van der Waals surface area contributed by atoms with Crippen LogP contribution >= 0.6 is 11.8 Å². The first-order chi connectivity index (χ1) is 16.8. The van der Waals surface area contributed by atoms with E-state index in [1.165, 1.54) is 36.0 Å². The fourth-order valence-electron chi connectivity index (χ4n) is 3.16. The first-order valence-electron chi connectivity index (χ1n) is 11.2. The molecule has 8 N–H and O–H groups in total. The monoisotopic (exact) mass is 526 g/mol. The molecule has 3 amide bonds. The second-order valence-corrected chi connectivity index (χ2v) is 9.53. The zero-order chi connectivity index (χ0) is 27.4. The molecule has 4 unspecified atom stereocenters. The average molecular weight is 527 g/mol. The number of carboxylic acid groups (broad SMARTS) is 2. The second-order valence-electron chi connectivity index (χ2n) is 8.55. The van der Waals surface area contributed by atoms with Gasteiger partial charge in [0.25, 0.3) is 0 Å². The SMILES string of the molecule is CSCCC(N)C(=O)NC(CC(=O)O)C(=O)NC(Cc1ccc(O)cc1)C(=O)NC(C(=O)O)C(C)C. The van der Waals surface area contributed by atoms with Crippen LogP contribution in [-0.2, 0) is 30.4 Å². The van der Waals surface area contributed by atoms with Crippen molar-refractivity contribution in [2.75, 3.05) is 12.0 Å². The van der Waals surface area contributed by atoms with Crippen LogP contribution in [0.1, 0.15) is 32.3 Å². The number of carboxylic acids is 2. The van der Waals surface area contributed by atoms with E-state index < -0.39 is 66.2 Å². The van der Waals surface area contributed by atoms with Crippen molar-refractivity contribution < 1.29 is 39.3 Å². The molecule has 0 saturated heterocycles. The van der Waals surface area contributed by atoms with Crippen molar-refractivity contribution in [1.29, 1.82) is 0 Å². The van der Waals surface area contributed by atoms with Gasteiger partial charge in [-0.15, -0.1) is 0 Å². The Kier molecular flexibility index (Phi) is 12.7. The highest BCUT2D eigenvalue weighted by atomic mass is 32.2. The van der Waals surface area contributed by atoms with Gasteiger partial charge in [-0.3, -0.25) is 19.2 Å². The molecule has 12 nitrogen and oxygen atoms in total. The molecule has 0 aliphatic carbocycles.